The molecule has 0 fully saturated rings. The van der Waals surface area contributed by atoms with Crippen molar-refractivity contribution in [1.82, 2.24) is 15.0 Å². The highest BCUT2D eigenvalue weighted by molar-refractivity contribution is 7.20. The number of nitrogens with zero attached hydrogens (tertiary/aromatic N) is 3. The van der Waals surface area contributed by atoms with Crippen LogP contribution in [0.5, 0.6) is 0 Å². The van der Waals surface area contributed by atoms with Gasteiger partial charge in [0.2, 0.25) is 0 Å². The van der Waals surface area contributed by atoms with Gasteiger partial charge in [0.25, 0.3) is 0 Å². The number of aryl methyl sites for hydroxylation is 1. The van der Waals surface area contributed by atoms with Gasteiger partial charge in [0.1, 0.15) is 22.3 Å². The van der Waals surface area contributed by atoms with Gasteiger partial charge in [-0.1, -0.05) is 103 Å². The van der Waals surface area contributed by atoms with Crippen LogP contribution in [0.15, 0.2) is 154 Å². The van der Waals surface area contributed by atoms with E-state index in [1.807, 2.05) is 53.8 Å². The van der Waals surface area contributed by atoms with E-state index in [-0.39, 0.29) is 0 Å². The van der Waals surface area contributed by atoms with Gasteiger partial charge in [-0.25, -0.2) is 15.0 Å². The number of para-hydroxylation sites is 2. The van der Waals surface area contributed by atoms with Crippen LogP contribution in [0.4, 0.5) is 0 Å². The Bertz CT molecular complexity index is 3400. The number of benzene rings is 7. The second-order valence-electron chi connectivity index (χ2n) is 14.2. The molecule has 6 heteroatoms. The maximum absolute atomic E-state index is 6.66. The Hall–Kier alpha value is -6.89. The summed E-state index contributed by atoms with van der Waals surface area (Å²) in [6, 6.07) is 48.4. The fraction of sp³-hybridized carbons (Fsp3) is 0.0408. The van der Waals surface area contributed by atoms with Crippen molar-refractivity contribution in [3.05, 3.63) is 156 Å². The zero-order chi connectivity index (χ0) is 36.0. The highest BCUT2D eigenvalue weighted by Crippen LogP contribution is 2.44. The van der Waals surface area contributed by atoms with E-state index in [2.05, 4.69) is 109 Å². The van der Waals surface area contributed by atoms with Gasteiger partial charge >= 0.3 is 0 Å². The Morgan fingerprint density at radius 1 is 0.491 bits per heavy atom. The SMILES string of the molecule is C1=Cc2sc3cccc(-c4ccc5c(c4)oc4cccc(-c6nc(-c7ccc8ccccc8c7)nc(-c7cccc8c7oc7ccccc78)n6)c45)c3c2CC1. The molecule has 0 amide bonds. The Morgan fingerprint density at radius 2 is 1.24 bits per heavy atom. The molecule has 55 heavy (non-hydrogen) atoms. The minimum Gasteiger partial charge on any atom is -0.456 e. The molecule has 4 aromatic heterocycles. The standard InChI is InChI=1S/C49H29N3O2S/c1-2-11-29-26-31(23-22-28(29)10-1)47-50-48(52-49(51-47)38-17-7-15-34-33-12-3-5-18-39(33)54-46(34)38)37-16-8-19-40-44(37)35-25-24-30(27-41(35)53-40)32-14-9-21-43-45(32)36-13-4-6-20-42(36)55-43/h1-3,5-12,14-27H,4,13H2. The molecule has 0 saturated heterocycles. The summed E-state index contributed by atoms with van der Waals surface area (Å²) in [4.78, 5) is 16.9. The molecule has 258 valence electrons. The lowest BCUT2D eigenvalue weighted by atomic mass is 9.94. The number of thiophene rings is 1. The van der Waals surface area contributed by atoms with Crippen LogP contribution in [0, 0.1) is 0 Å². The maximum Gasteiger partial charge on any atom is 0.167 e. The van der Waals surface area contributed by atoms with E-state index >= 15 is 0 Å². The Morgan fingerprint density at radius 3 is 2.20 bits per heavy atom. The minimum atomic E-state index is 0.548. The molecule has 0 radical (unpaired) electrons. The molecular weight excluding hydrogens is 695 g/mol. The number of hydrogen-bond donors (Lipinski definition) is 0. The van der Waals surface area contributed by atoms with E-state index < -0.39 is 0 Å². The zero-order valence-corrected chi connectivity index (χ0v) is 30.2. The third-order valence-electron chi connectivity index (χ3n) is 11.0. The van der Waals surface area contributed by atoms with Gasteiger partial charge < -0.3 is 8.83 Å². The van der Waals surface area contributed by atoms with Crippen molar-refractivity contribution in [3.63, 3.8) is 0 Å². The van der Waals surface area contributed by atoms with Gasteiger partial charge in [-0.15, -0.1) is 11.3 Å². The van der Waals surface area contributed by atoms with Gasteiger partial charge in [0, 0.05) is 47.6 Å². The lowest BCUT2D eigenvalue weighted by Gasteiger charge is -2.10. The molecule has 0 unspecified atom stereocenters. The molecule has 7 aromatic carbocycles. The monoisotopic (exact) mass is 723 g/mol. The van der Waals surface area contributed by atoms with Crippen LogP contribution in [-0.4, -0.2) is 15.0 Å². The van der Waals surface area contributed by atoms with Crippen LogP contribution in [0.1, 0.15) is 16.9 Å². The number of allylic oxidation sites excluding steroid dienone is 1. The summed E-state index contributed by atoms with van der Waals surface area (Å²) < 4.78 is 14.5. The van der Waals surface area contributed by atoms with Crippen LogP contribution in [0.25, 0.3) is 116 Å². The average molecular weight is 724 g/mol. The van der Waals surface area contributed by atoms with E-state index in [4.69, 9.17) is 23.8 Å². The number of hydrogen-bond acceptors (Lipinski definition) is 6. The molecule has 0 bridgehead atoms. The van der Waals surface area contributed by atoms with Crippen molar-refractivity contribution in [2.75, 3.05) is 0 Å². The van der Waals surface area contributed by atoms with Crippen molar-refractivity contribution in [1.29, 1.82) is 0 Å². The highest BCUT2D eigenvalue weighted by atomic mass is 32.1. The van der Waals surface area contributed by atoms with Crippen molar-refractivity contribution in [2.45, 2.75) is 12.8 Å². The molecule has 0 aliphatic heterocycles. The molecule has 11 aromatic rings. The van der Waals surface area contributed by atoms with Crippen LogP contribution in [-0.2, 0) is 6.42 Å². The van der Waals surface area contributed by atoms with E-state index in [0.29, 0.717) is 17.5 Å². The van der Waals surface area contributed by atoms with E-state index in [1.54, 1.807) is 0 Å². The topological polar surface area (TPSA) is 65.0 Å². The molecule has 1 aliphatic carbocycles. The summed E-state index contributed by atoms with van der Waals surface area (Å²) >= 11 is 1.88. The van der Waals surface area contributed by atoms with Crippen molar-refractivity contribution in [3.8, 4) is 45.3 Å². The lowest BCUT2D eigenvalue weighted by Crippen LogP contribution is -2.00. The van der Waals surface area contributed by atoms with Gasteiger partial charge in [0.05, 0.1) is 5.56 Å². The van der Waals surface area contributed by atoms with Crippen molar-refractivity contribution < 1.29 is 8.83 Å². The van der Waals surface area contributed by atoms with Crippen LogP contribution >= 0.6 is 11.3 Å². The van der Waals surface area contributed by atoms with Gasteiger partial charge in [-0.2, -0.15) is 0 Å². The predicted octanol–water partition coefficient (Wildman–Crippen LogP) is 13.7. The molecule has 12 rings (SSSR count). The van der Waals surface area contributed by atoms with Gasteiger partial charge in [-0.05, 0) is 88.8 Å². The first-order valence-corrected chi connectivity index (χ1v) is 19.4. The number of aromatic nitrogens is 3. The van der Waals surface area contributed by atoms with E-state index in [1.165, 1.54) is 26.1 Å². The first-order chi connectivity index (χ1) is 27.2. The second-order valence-corrected chi connectivity index (χ2v) is 15.3. The maximum atomic E-state index is 6.66. The van der Waals surface area contributed by atoms with Crippen molar-refractivity contribution >= 4 is 82.1 Å². The molecule has 0 N–H and O–H groups in total. The third-order valence-corrected chi connectivity index (χ3v) is 12.2. The Kier molecular flexibility index (Phi) is 6.56. The van der Waals surface area contributed by atoms with Crippen LogP contribution in [0.3, 0.4) is 0 Å². The average Bonchev–Trinajstić information content (AvgIpc) is 3.94. The Labute approximate surface area is 318 Å². The van der Waals surface area contributed by atoms with Gasteiger partial charge in [-0.3, -0.25) is 0 Å². The first kappa shape index (κ1) is 30.6. The van der Waals surface area contributed by atoms with E-state index in [0.717, 1.165) is 89.7 Å². The summed E-state index contributed by atoms with van der Waals surface area (Å²) in [7, 11) is 0. The quantitative estimate of drug-likeness (QED) is 0.181. The normalized spacial score (nSPS) is 12.9. The predicted molar refractivity (Wildman–Crippen MR) is 226 cm³/mol. The number of furan rings is 2. The number of fused-ring (bicyclic) bond motifs is 10. The molecule has 4 heterocycles. The fourth-order valence-corrected chi connectivity index (χ4v) is 9.66. The first-order valence-electron chi connectivity index (χ1n) is 18.6. The number of rotatable bonds is 4. The largest absolute Gasteiger partial charge is 0.456 e. The minimum absolute atomic E-state index is 0.548. The molecule has 5 nitrogen and oxygen atoms in total. The van der Waals surface area contributed by atoms with Gasteiger partial charge in [0.15, 0.2) is 17.5 Å². The fourth-order valence-electron chi connectivity index (χ4n) is 8.45. The molecule has 0 saturated carbocycles. The molecule has 0 spiro atoms. The molecular formula is C49H29N3O2S. The van der Waals surface area contributed by atoms with E-state index in [9.17, 15) is 0 Å². The Balaban J connectivity index is 1.07. The summed E-state index contributed by atoms with van der Waals surface area (Å²) in [5.41, 5.74) is 9.65. The smallest absolute Gasteiger partial charge is 0.167 e. The summed E-state index contributed by atoms with van der Waals surface area (Å²) in [5, 5.41) is 7.72. The van der Waals surface area contributed by atoms with Crippen LogP contribution in [0.2, 0.25) is 0 Å². The highest BCUT2D eigenvalue weighted by Gasteiger charge is 2.22. The summed E-state index contributed by atoms with van der Waals surface area (Å²) in [6.07, 6.45) is 6.72. The summed E-state index contributed by atoms with van der Waals surface area (Å²) in [6.45, 7) is 0. The van der Waals surface area contributed by atoms with Crippen LogP contribution < -0.4 is 0 Å². The van der Waals surface area contributed by atoms with Crippen molar-refractivity contribution in [2.24, 2.45) is 0 Å². The summed E-state index contributed by atoms with van der Waals surface area (Å²) in [5.74, 6) is 1.71. The molecule has 0 atom stereocenters. The molecule has 1 aliphatic rings. The zero-order valence-electron chi connectivity index (χ0n) is 29.4. The lowest BCUT2D eigenvalue weighted by molar-refractivity contribution is 0.668. The third kappa shape index (κ3) is 4.75. The second kappa shape index (κ2) is 11.8.